The van der Waals surface area contributed by atoms with Crippen molar-refractivity contribution in [3.05, 3.63) is 71.9 Å². The van der Waals surface area contributed by atoms with Crippen LogP contribution in [0.25, 0.3) is 17.2 Å². The highest BCUT2D eigenvalue weighted by Crippen LogP contribution is 2.27. The lowest BCUT2D eigenvalue weighted by Gasteiger charge is -2.25. The zero-order chi connectivity index (χ0) is 18.8. The van der Waals surface area contributed by atoms with Crippen LogP contribution in [0, 0.1) is 0 Å². The maximum atomic E-state index is 13.1. The van der Waals surface area contributed by atoms with Crippen LogP contribution >= 0.6 is 0 Å². The number of hydrogen-bond acceptors (Lipinski definition) is 2. The third kappa shape index (κ3) is 2.46. The lowest BCUT2D eigenvalue weighted by Crippen LogP contribution is -2.48. The van der Waals surface area contributed by atoms with E-state index in [0.29, 0.717) is 9.79 Å². The molecule has 0 saturated heterocycles. The Labute approximate surface area is 163 Å². The first-order chi connectivity index (χ1) is 13.0. The van der Waals surface area contributed by atoms with Crippen LogP contribution in [0.2, 0.25) is 13.1 Å². The molecule has 0 radical (unpaired) electrons. The summed E-state index contributed by atoms with van der Waals surface area (Å²) in [5.41, 5.74) is 6.02. The highest BCUT2D eigenvalue weighted by Gasteiger charge is 2.34. The van der Waals surface area contributed by atoms with Gasteiger partial charge in [0.05, 0.1) is 18.6 Å². The van der Waals surface area contributed by atoms with E-state index in [9.17, 15) is 8.42 Å². The topological polar surface area (TPSA) is 34.1 Å². The molecule has 2 aliphatic rings. The van der Waals surface area contributed by atoms with E-state index in [2.05, 4.69) is 49.1 Å². The first-order valence-corrected chi connectivity index (χ1v) is 15.5. The van der Waals surface area contributed by atoms with E-state index >= 15 is 0 Å². The van der Waals surface area contributed by atoms with Crippen LogP contribution in [0.15, 0.2) is 76.2 Å². The van der Waals surface area contributed by atoms with Crippen molar-refractivity contribution in [2.45, 2.75) is 22.9 Å². The van der Waals surface area contributed by atoms with E-state index in [1.54, 1.807) is 6.07 Å². The largest absolute Gasteiger partial charge is 0.219 e. The molecule has 0 N–H and O–H groups in total. The van der Waals surface area contributed by atoms with E-state index in [1.165, 1.54) is 16.3 Å². The number of rotatable bonds is 1. The summed E-state index contributed by atoms with van der Waals surface area (Å²) in [7, 11) is -5.93. The zero-order valence-electron chi connectivity index (χ0n) is 15.3. The van der Waals surface area contributed by atoms with Crippen LogP contribution in [-0.4, -0.2) is 26.0 Å². The molecular formula is C22H20O2SSi2. The Bertz CT molecular complexity index is 1230. The molecule has 3 aromatic rings. The van der Waals surface area contributed by atoms with Crippen molar-refractivity contribution in [1.29, 1.82) is 0 Å². The van der Waals surface area contributed by atoms with E-state index in [0.717, 1.165) is 15.9 Å². The second-order valence-electron chi connectivity index (χ2n) is 7.51. The minimum atomic E-state index is -3.42. The first kappa shape index (κ1) is 16.9. The van der Waals surface area contributed by atoms with Crippen LogP contribution in [-0.2, 0) is 9.84 Å². The molecule has 0 amide bonds. The standard InChI is InChI=1S/C22H20O2SSi2/c1-26-12-11-15-7-8-16(13-21(15)26)17-9-10-19-22(14-17)27(2)20-6-4-3-5-18(20)25(19,23)24/h3-14,26-27H,1-2H3/t26-,27+/m1/s1. The Morgan fingerprint density at radius 3 is 2.22 bits per heavy atom. The van der Waals surface area contributed by atoms with Gasteiger partial charge in [0.15, 0.2) is 0 Å². The fraction of sp³-hybridized carbons (Fsp3) is 0.0909. The molecule has 2 nitrogen and oxygen atoms in total. The van der Waals surface area contributed by atoms with Gasteiger partial charge in [0.25, 0.3) is 0 Å². The van der Waals surface area contributed by atoms with Crippen molar-refractivity contribution < 1.29 is 8.42 Å². The Balaban J connectivity index is 1.67. The van der Waals surface area contributed by atoms with Crippen molar-refractivity contribution in [2.75, 3.05) is 0 Å². The van der Waals surface area contributed by atoms with Crippen LogP contribution in [0.3, 0.4) is 0 Å². The van der Waals surface area contributed by atoms with Crippen molar-refractivity contribution >= 4 is 49.1 Å². The Morgan fingerprint density at radius 2 is 1.41 bits per heavy atom. The average molecular weight is 405 g/mol. The summed E-state index contributed by atoms with van der Waals surface area (Å²) >= 11 is 0. The predicted molar refractivity (Wildman–Crippen MR) is 118 cm³/mol. The first-order valence-electron chi connectivity index (χ1n) is 9.27. The SMILES string of the molecule is C[Si@H]1c2ccccc2S(=O)(=O)c2ccc(-c3ccc4c(c3)[Si@H](C)C=C4)cc21. The summed E-state index contributed by atoms with van der Waals surface area (Å²) in [5.74, 6) is 0. The van der Waals surface area contributed by atoms with Gasteiger partial charge in [0.2, 0.25) is 9.84 Å². The third-order valence-corrected chi connectivity index (χ3v) is 13.3. The summed E-state index contributed by atoms with van der Waals surface area (Å²) in [6.07, 6.45) is 2.24. The predicted octanol–water partition coefficient (Wildman–Crippen LogP) is 2.10. The Kier molecular flexibility index (Phi) is 3.69. The molecule has 2 heterocycles. The van der Waals surface area contributed by atoms with Crippen molar-refractivity contribution in [3.8, 4) is 11.1 Å². The molecule has 2 aliphatic heterocycles. The summed E-state index contributed by atoms with van der Waals surface area (Å²) in [4.78, 5) is 1.02. The Hall–Kier alpha value is -2.22. The minimum absolute atomic E-state index is 0.507. The maximum absolute atomic E-state index is 13.1. The fourth-order valence-electron chi connectivity index (χ4n) is 4.33. The molecule has 2 atom stereocenters. The van der Waals surface area contributed by atoms with Gasteiger partial charge in [0.1, 0.15) is 8.80 Å². The molecule has 0 bridgehead atoms. The molecule has 3 aromatic carbocycles. The van der Waals surface area contributed by atoms with Crippen LogP contribution in [0.5, 0.6) is 0 Å². The lowest BCUT2D eigenvalue weighted by molar-refractivity contribution is 0.597. The zero-order valence-corrected chi connectivity index (χ0v) is 18.4. The third-order valence-electron chi connectivity index (χ3n) is 5.92. The second-order valence-corrected chi connectivity index (χ2v) is 14.7. The summed E-state index contributed by atoms with van der Waals surface area (Å²) in [5, 5.41) is 3.55. The quantitative estimate of drug-likeness (QED) is 0.582. The minimum Gasteiger partial charge on any atom is -0.219 e. The molecule has 0 fully saturated rings. The molecule has 27 heavy (non-hydrogen) atoms. The van der Waals surface area contributed by atoms with Gasteiger partial charge >= 0.3 is 0 Å². The molecule has 0 saturated carbocycles. The number of hydrogen-bond donors (Lipinski definition) is 0. The molecule has 5 heteroatoms. The van der Waals surface area contributed by atoms with Crippen LogP contribution in [0.1, 0.15) is 5.56 Å². The van der Waals surface area contributed by atoms with E-state index < -0.39 is 27.4 Å². The summed E-state index contributed by atoms with van der Waals surface area (Å²) < 4.78 is 26.2. The fourth-order valence-corrected chi connectivity index (χ4v) is 11.9. The number of benzene rings is 3. The summed E-state index contributed by atoms with van der Waals surface area (Å²) in [6.45, 7) is 4.58. The maximum Gasteiger partial charge on any atom is 0.206 e. The normalized spacial score (nSPS) is 21.4. The van der Waals surface area contributed by atoms with Gasteiger partial charge in [0, 0.05) is 0 Å². The van der Waals surface area contributed by atoms with Gasteiger partial charge in [-0.1, -0.05) is 78.6 Å². The Morgan fingerprint density at radius 1 is 0.741 bits per heavy atom. The van der Waals surface area contributed by atoms with E-state index in [1.807, 2.05) is 30.3 Å². The highest BCUT2D eigenvalue weighted by molar-refractivity contribution is 7.92. The van der Waals surface area contributed by atoms with Gasteiger partial charge in [-0.3, -0.25) is 0 Å². The molecule has 0 aliphatic carbocycles. The second kappa shape index (κ2) is 5.89. The molecule has 134 valence electrons. The summed E-state index contributed by atoms with van der Waals surface area (Å²) in [6, 6.07) is 20.1. The van der Waals surface area contributed by atoms with Crippen LogP contribution < -0.4 is 15.6 Å². The molecule has 0 spiro atoms. The van der Waals surface area contributed by atoms with Crippen LogP contribution in [0.4, 0.5) is 0 Å². The van der Waals surface area contributed by atoms with Gasteiger partial charge in [-0.15, -0.1) is 0 Å². The van der Waals surface area contributed by atoms with Crippen molar-refractivity contribution in [1.82, 2.24) is 0 Å². The molecular weight excluding hydrogens is 384 g/mol. The number of sulfone groups is 1. The van der Waals surface area contributed by atoms with Gasteiger partial charge in [-0.25, -0.2) is 8.42 Å². The van der Waals surface area contributed by atoms with Gasteiger partial charge < -0.3 is 0 Å². The van der Waals surface area contributed by atoms with Crippen molar-refractivity contribution in [2.24, 2.45) is 0 Å². The monoisotopic (exact) mass is 404 g/mol. The number of fused-ring (bicyclic) bond motifs is 3. The van der Waals surface area contributed by atoms with Gasteiger partial charge in [-0.05, 0) is 39.2 Å². The molecule has 5 rings (SSSR count). The highest BCUT2D eigenvalue weighted by atomic mass is 32.2. The van der Waals surface area contributed by atoms with Gasteiger partial charge in [-0.2, -0.15) is 0 Å². The van der Waals surface area contributed by atoms with Crippen molar-refractivity contribution in [3.63, 3.8) is 0 Å². The average Bonchev–Trinajstić information content (AvgIpc) is 3.06. The molecule has 0 unspecified atom stereocenters. The molecule has 0 aromatic heterocycles. The van der Waals surface area contributed by atoms with E-state index in [4.69, 9.17) is 0 Å². The smallest absolute Gasteiger partial charge is 0.206 e. The van der Waals surface area contributed by atoms with E-state index in [-0.39, 0.29) is 0 Å². The lowest BCUT2D eigenvalue weighted by atomic mass is 10.0.